The zero-order chi connectivity index (χ0) is 28.4. The number of nitrogens with zero attached hydrogens (tertiary/aromatic N) is 1. The minimum Gasteiger partial charge on any atom is -0.475 e. The van der Waals surface area contributed by atoms with E-state index in [0.717, 1.165) is 22.3 Å². The number of hydrogen-bond donors (Lipinski definition) is 0. The molecule has 5 aromatic rings. The molecule has 0 aliphatic carbocycles. The molecule has 0 aliphatic rings. The van der Waals surface area contributed by atoms with Crippen molar-refractivity contribution in [3.8, 4) is 5.75 Å². The average Bonchev–Trinajstić information content (AvgIpc) is 3.04. The predicted molar refractivity (Wildman–Crippen MR) is 157 cm³/mol. The summed E-state index contributed by atoms with van der Waals surface area (Å²) in [5.74, 6) is -0.361. The fourth-order valence-electron chi connectivity index (χ4n) is 4.65. The number of carbonyl (C=O) groups excluding carboxylic acids is 2. The Morgan fingerprint density at radius 1 is 0.683 bits per heavy atom. The Morgan fingerprint density at radius 3 is 1.56 bits per heavy atom. The molecule has 6 nitrogen and oxygen atoms in total. The molecule has 4 aromatic carbocycles. The van der Waals surface area contributed by atoms with Crippen molar-refractivity contribution in [2.24, 2.45) is 0 Å². The summed E-state index contributed by atoms with van der Waals surface area (Å²) in [6.07, 6.45) is 0.965. The van der Waals surface area contributed by atoms with Gasteiger partial charge in [0.05, 0.1) is 18.3 Å². The molecule has 0 spiro atoms. The second-order valence-electron chi connectivity index (χ2n) is 9.50. The lowest BCUT2D eigenvalue weighted by Gasteiger charge is -2.21. The number of carbonyl (C=O) groups is 2. The zero-order valence-electron chi connectivity index (χ0n) is 22.3. The summed E-state index contributed by atoms with van der Waals surface area (Å²) in [4.78, 5) is 37.8. The Labute approximate surface area is 238 Å². The smallest absolute Gasteiger partial charge is 0.308 e. The second-order valence-corrected chi connectivity index (χ2v) is 9.50. The van der Waals surface area contributed by atoms with E-state index in [2.05, 4.69) is 0 Å². The van der Waals surface area contributed by atoms with E-state index in [4.69, 9.17) is 9.47 Å². The van der Waals surface area contributed by atoms with E-state index in [1.807, 2.05) is 121 Å². The molecule has 1 heterocycles. The topological polar surface area (TPSA) is 74.6 Å². The Balaban J connectivity index is 1.37. The second kappa shape index (κ2) is 13.2. The van der Waals surface area contributed by atoms with Gasteiger partial charge in [-0.25, -0.2) is 0 Å². The number of ether oxygens (including phenoxy) is 2. The van der Waals surface area contributed by atoms with Crippen LogP contribution in [0.25, 0.3) is 0 Å². The molecule has 41 heavy (non-hydrogen) atoms. The quantitative estimate of drug-likeness (QED) is 0.139. The Morgan fingerprint density at radius 2 is 1.12 bits per heavy atom. The Kier molecular flexibility index (Phi) is 8.81. The van der Waals surface area contributed by atoms with Gasteiger partial charge in [-0.3, -0.25) is 14.4 Å². The van der Waals surface area contributed by atoms with Gasteiger partial charge >= 0.3 is 5.97 Å². The Bertz CT molecular complexity index is 1560. The van der Waals surface area contributed by atoms with Crippen LogP contribution in [-0.2, 0) is 16.1 Å². The molecule has 0 aliphatic heterocycles. The molecular formula is C35H29NO5. The first kappa shape index (κ1) is 27.3. The number of aryl methyl sites for hydroxylation is 1. The van der Waals surface area contributed by atoms with Crippen molar-refractivity contribution in [1.29, 1.82) is 0 Å². The largest absolute Gasteiger partial charge is 0.475 e. The van der Waals surface area contributed by atoms with Crippen LogP contribution in [0, 0.1) is 0 Å². The monoisotopic (exact) mass is 543 g/mol. The third-order valence-corrected chi connectivity index (χ3v) is 6.71. The van der Waals surface area contributed by atoms with E-state index in [0.29, 0.717) is 6.29 Å². The van der Waals surface area contributed by atoms with Gasteiger partial charge in [-0.15, -0.1) is 0 Å². The summed E-state index contributed by atoms with van der Waals surface area (Å²) in [6, 6.07) is 39.5. The minimum atomic E-state index is -0.569. The van der Waals surface area contributed by atoms with Crippen molar-refractivity contribution < 1.29 is 19.1 Å². The molecule has 0 unspecified atom stereocenters. The lowest BCUT2D eigenvalue weighted by atomic mass is 10.0. The van der Waals surface area contributed by atoms with Crippen molar-refractivity contribution in [3.63, 3.8) is 0 Å². The number of pyridine rings is 1. The van der Waals surface area contributed by atoms with Crippen LogP contribution < -0.4 is 10.2 Å². The van der Waals surface area contributed by atoms with E-state index in [-0.39, 0.29) is 24.4 Å². The van der Waals surface area contributed by atoms with Crippen LogP contribution in [-0.4, -0.2) is 16.8 Å². The predicted octanol–water partition coefficient (Wildman–Crippen LogP) is 6.55. The minimum absolute atomic E-state index is 0.0138. The van der Waals surface area contributed by atoms with Crippen LogP contribution in [0.2, 0.25) is 0 Å². The van der Waals surface area contributed by atoms with Crippen LogP contribution in [0.4, 0.5) is 0 Å². The summed E-state index contributed by atoms with van der Waals surface area (Å²) in [5.41, 5.74) is 3.19. The molecule has 0 amide bonds. The van der Waals surface area contributed by atoms with Crippen LogP contribution in [0.3, 0.4) is 0 Å². The molecule has 0 N–H and O–H groups in total. The van der Waals surface area contributed by atoms with E-state index in [9.17, 15) is 14.4 Å². The number of aldehydes is 1. The van der Waals surface area contributed by atoms with Gasteiger partial charge in [-0.2, -0.15) is 0 Å². The van der Waals surface area contributed by atoms with E-state index in [1.54, 1.807) is 4.57 Å². The number of aromatic nitrogens is 1. The first-order valence-electron chi connectivity index (χ1n) is 13.4. The van der Waals surface area contributed by atoms with E-state index < -0.39 is 23.6 Å². The van der Waals surface area contributed by atoms with Crippen LogP contribution >= 0.6 is 0 Å². The third-order valence-electron chi connectivity index (χ3n) is 6.71. The lowest BCUT2D eigenvalue weighted by Crippen LogP contribution is -2.20. The molecule has 0 radical (unpaired) electrons. The van der Waals surface area contributed by atoms with Gasteiger partial charge in [0.25, 0.3) is 0 Å². The van der Waals surface area contributed by atoms with Crippen LogP contribution in [0.15, 0.2) is 138 Å². The molecule has 0 saturated heterocycles. The van der Waals surface area contributed by atoms with Gasteiger partial charge in [0, 0.05) is 12.6 Å². The van der Waals surface area contributed by atoms with Crippen LogP contribution in [0.1, 0.15) is 51.4 Å². The van der Waals surface area contributed by atoms with Gasteiger partial charge in [0.1, 0.15) is 6.10 Å². The molecule has 0 bridgehead atoms. The van der Waals surface area contributed by atoms with Crippen molar-refractivity contribution in [2.45, 2.75) is 25.2 Å². The van der Waals surface area contributed by atoms with Crippen molar-refractivity contribution >= 4 is 12.3 Å². The fourth-order valence-corrected chi connectivity index (χ4v) is 4.65. The Hall–Kier alpha value is -5.23. The maximum Gasteiger partial charge on any atom is 0.308 e. The molecule has 6 heteroatoms. The van der Waals surface area contributed by atoms with Gasteiger partial charge in [0.2, 0.25) is 5.43 Å². The lowest BCUT2D eigenvalue weighted by molar-refractivity contribution is -0.147. The molecule has 204 valence electrons. The summed E-state index contributed by atoms with van der Waals surface area (Å²) in [7, 11) is 0. The summed E-state index contributed by atoms with van der Waals surface area (Å²) in [6.45, 7) is 0.126. The van der Waals surface area contributed by atoms with E-state index in [1.165, 1.54) is 12.3 Å². The highest BCUT2D eigenvalue weighted by atomic mass is 16.5. The first-order valence-corrected chi connectivity index (χ1v) is 13.4. The summed E-state index contributed by atoms with van der Waals surface area (Å²) in [5, 5.41) is 0. The SMILES string of the molecule is O=Cc1cc(=O)c(OC(c2ccccc2)c2ccccc2)cn1CCC(=O)OC(c1ccccc1)c1ccccc1. The molecule has 0 saturated carbocycles. The molecular weight excluding hydrogens is 514 g/mol. The van der Waals surface area contributed by atoms with Gasteiger partial charge < -0.3 is 14.0 Å². The normalized spacial score (nSPS) is 10.9. The maximum atomic E-state index is 13.1. The number of rotatable bonds is 11. The van der Waals surface area contributed by atoms with Gasteiger partial charge in [-0.05, 0) is 22.3 Å². The van der Waals surface area contributed by atoms with Crippen molar-refractivity contribution in [2.75, 3.05) is 0 Å². The van der Waals surface area contributed by atoms with Crippen molar-refractivity contribution in [3.05, 3.63) is 172 Å². The zero-order valence-corrected chi connectivity index (χ0v) is 22.3. The molecule has 0 atom stereocenters. The third kappa shape index (κ3) is 6.86. The summed E-state index contributed by atoms with van der Waals surface area (Å²) >= 11 is 0. The molecule has 5 rings (SSSR count). The highest BCUT2D eigenvalue weighted by molar-refractivity contribution is 5.73. The number of hydrogen-bond acceptors (Lipinski definition) is 5. The maximum absolute atomic E-state index is 13.1. The van der Waals surface area contributed by atoms with Gasteiger partial charge in [-0.1, -0.05) is 121 Å². The van der Waals surface area contributed by atoms with E-state index >= 15 is 0 Å². The molecule has 0 fully saturated rings. The molecule has 1 aromatic heterocycles. The highest BCUT2D eigenvalue weighted by Gasteiger charge is 2.21. The highest BCUT2D eigenvalue weighted by Crippen LogP contribution is 2.28. The van der Waals surface area contributed by atoms with Gasteiger partial charge in [0.15, 0.2) is 18.1 Å². The number of esters is 1. The van der Waals surface area contributed by atoms with Crippen molar-refractivity contribution in [1.82, 2.24) is 4.57 Å². The average molecular weight is 544 g/mol. The number of benzene rings is 4. The first-order chi connectivity index (χ1) is 20.1. The summed E-state index contributed by atoms with van der Waals surface area (Å²) < 4.78 is 13.8. The standard InChI is InChI=1S/C35H29NO5/c37-25-30-23-31(38)32(40-34(26-13-5-1-6-14-26)27-15-7-2-8-16-27)24-36(30)22-21-33(39)41-35(28-17-9-3-10-18-28)29-19-11-4-12-20-29/h1-20,23-25,34-35H,21-22H2. The fraction of sp³-hybridized carbons (Fsp3) is 0.114. The van der Waals surface area contributed by atoms with Crippen LogP contribution in [0.5, 0.6) is 5.75 Å².